The van der Waals surface area contributed by atoms with Crippen LogP contribution in [-0.2, 0) is 16.0 Å². The van der Waals surface area contributed by atoms with Crippen molar-refractivity contribution in [2.75, 3.05) is 25.2 Å². The predicted octanol–water partition coefficient (Wildman–Crippen LogP) is 3.57. The van der Waals surface area contributed by atoms with Gasteiger partial charge < -0.3 is 10.2 Å². The predicted molar refractivity (Wildman–Crippen MR) is 114 cm³/mol. The van der Waals surface area contributed by atoms with Crippen LogP contribution in [0.4, 0.5) is 5.69 Å². The molecule has 0 aliphatic carbocycles. The molecule has 3 rings (SSSR count). The van der Waals surface area contributed by atoms with Gasteiger partial charge in [0.15, 0.2) is 0 Å². The van der Waals surface area contributed by atoms with Crippen LogP contribution < -0.4 is 5.32 Å². The molecule has 3 aromatic rings. The molecule has 0 unspecified atom stereocenters. The van der Waals surface area contributed by atoms with Gasteiger partial charge in [0, 0.05) is 35.3 Å². The van der Waals surface area contributed by atoms with E-state index in [0.717, 1.165) is 21.2 Å². The second-order valence-corrected chi connectivity index (χ2v) is 7.77. The molecule has 0 saturated heterocycles. The van der Waals surface area contributed by atoms with E-state index in [0.29, 0.717) is 5.69 Å². The highest BCUT2D eigenvalue weighted by Crippen LogP contribution is 2.25. The summed E-state index contributed by atoms with van der Waals surface area (Å²) in [5.41, 5.74) is 2.36. The van der Waals surface area contributed by atoms with E-state index in [2.05, 4.69) is 15.3 Å². The molecule has 28 heavy (non-hydrogen) atoms. The minimum atomic E-state index is -0.230. The second-order valence-electron chi connectivity index (χ2n) is 6.06. The number of para-hydroxylation sites is 1. The number of nitrogens with one attached hydrogen (secondary N) is 1. The minimum Gasteiger partial charge on any atom is -0.336 e. The lowest BCUT2D eigenvalue weighted by atomic mass is 10.3. The molecule has 0 spiro atoms. The Balaban J connectivity index is 1.56. The fourth-order valence-electron chi connectivity index (χ4n) is 2.54. The first-order valence-corrected chi connectivity index (χ1v) is 10.7. The fourth-order valence-corrected chi connectivity index (χ4v) is 3.91. The molecule has 2 heterocycles. The molecule has 2 amide bonds. The second kappa shape index (κ2) is 9.48. The van der Waals surface area contributed by atoms with E-state index < -0.39 is 0 Å². The third kappa shape index (κ3) is 5.17. The number of anilines is 1. The molecule has 0 bridgehead atoms. The van der Waals surface area contributed by atoms with Crippen molar-refractivity contribution < 1.29 is 9.59 Å². The first kappa shape index (κ1) is 20.0. The third-order valence-corrected chi connectivity index (χ3v) is 5.72. The van der Waals surface area contributed by atoms with Crippen LogP contribution in [-0.4, -0.2) is 46.5 Å². The van der Waals surface area contributed by atoms with Crippen molar-refractivity contribution in [3.63, 3.8) is 0 Å². The number of pyridine rings is 1. The van der Waals surface area contributed by atoms with Crippen molar-refractivity contribution in [1.82, 2.24) is 14.9 Å². The average molecular weight is 413 g/mol. The van der Waals surface area contributed by atoms with Crippen molar-refractivity contribution in [2.24, 2.45) is 0 Å². The van der Waals surface area contributed by atoms with E-state index in [1.807, 2.05) is 48.0 Å². The van der Waals surface area contributed by atoms with Gasteiger partial charge in [-0.05, 0) is 30.5 Å². The van der Waals surface area contributed by atoms with E-state index in [4.69, 9.17) is 0 Å². The summed E-state index contributed by atoms with van der Waals surface area (Å²) in [5, 5.41) is 5.55. The summed E-state index contributed by atoms with van der Waals surface area (Å²) in [6.45, 7) is -0.0127. The molecule has 0 radical (unpaired) electrons. The molecule has 1 aromatic carbocycles. The summed E-state index contributed by atoms with van der Waals surface area (Å²) in [7, 11) is 1.62. The lowest BCUT2D eigenvalue weighted by molar-refractivity contribution is -0.132. The van der Waals surface area contributed by atoms with Gasteiger partial charge in [0.25, 0.3) is 0 Å². The number of thioether (sulfide) groups is 1. The Morgan fingerprint density at radius 3 is 2.79 bits per heavy atom. The lowest BCUT2D eigenvalue weighted by Gasteiger charge is -2.17. The van der Waals surface area contributed by atoms with E-state index in [9.17, 15) is 9.59 Å². The highest BCUT2D eigenvalue weighted by molar-refractivity contribution is 7.98. The van der Waals surface area contributed by atoms with Gasteiger partial charge in [-0.15, -0.1) is 23.1 Å². The Labute approximate surface area is 172 Å². The van der Waals surface area contributed by atoms with Gasteiger partial charge in [0.05, 0.1) is 24.3 Å². The Hall–Kier alpha value is -2.71. The number of likely N-dealkylation sites (N-methyl/N-ethyl adjacent to an activating group) is 1. The Kier molecular flexibility index (Phi) is 6.78. The molecule has 0 aliphatic rings. The molecule has 0 saturated carbocycles. The number of aromatic nitrogens is 2. The first-order valence-electron chi connectivity index (χ1n) is 8.58. The highest BCUT2D eigenvalue weighted by Gasteiger charge is 2.16. The van der Waals surface area contributed by atoms with Crippen molar-refractivity contribution in [3.05, 3.63) is 59.9 Å². The smallest absolute Gasteiger partial charge is 0.244 e. The molecule has 144 valence electrons. The molecule has 1 N–H and O–H groups in total. The van der Waals surface area contributed by atoms with E-state index >= 15 is 0 Å². The number of carbonyl (C=O) groups is 2. The molecule has 2 aromatic heterocycles. The third-order valence-electron chi connectivity index (χ3n) is 3.98. The standard InChI is InChI=1S/C20H20N4O2S2/c1-24(12-18(25)23-16-7-3-4-8-17(16)27-2)19(26)10-15-13-28-20(22-15)14-6-5-9-21-11-14/h3-9,11,13H,10,12H2,1-2H3,(H,23,25). The van der Waals surface area contributed by atoms with Gasteiger partial charge in [0.1, 0.15) is 5.01 Å². The van der Waals surface area contributed by atoms with E-state index in [1.54, 1.807) is 31.2 Å². The van der Waals surface area contributed by atoms with Crippen LogP contribution >= 0.6 is 23.1 Å². The summed E-state index contributed by atoms with van der Waals surface area (Å²) in [6.07, 6.45) is 5.56. The Morgan fingerprint density at radius 2 is 2.04 bits per heavy atom. The zero-order chi connectivity index (χ0) is 19.9. The van der Waals surface area contributed by atoms with Gasteiger partial charge in [-0.25, -0.2) is 4.98 Å². The summed E-state index contributed by atoms with van der Waals surface area (Å²) >= 11 is 3.03. The van der Waals surface area contributed by atoms with Crippen molar-refractivity contribution in [2.45, 2.75) is 11.3 Å². The molecule has 0 atom stereocenters. The summed E-state index contributed by atoms with van der Waals surface area (Å²) in [5.74, 6) is -0.386. The molecular weight excluding hydrogens is 392 g/mol. The van der Waals surface area contributed by atoms with Crippen LogP contribution in [0.3, 0.4) is 0 Å². The van der Waals surface area contributed by atoms with Crippen LogP contribution in [0.25, 0.3) is 10.6 Å². The van der Waals surface area contributed by atoms with Crippen LogP contribution in [0.15, 0.2) is 59.1 Å². The zero-order valence-electron chi connectivity index (χ0n) is 15.6. The Morgan fingerprint density at radius 1 is 1.21 bits per heavy atom. The molecule has 0 aliphatic heterocycles. The van der Waals surface area contributed by atoms with Gasteiger partial charge in [-0.3, -0.25) is 14.6 Å². The Bertz CT molecular complexity index is 960. The minimum absolute atomic E-state index is 0.0127. The van der Waals surface area contributed by atoms with Gasteiger partial charge in [0.2, 0.25) is 11.8 Å². The maximum Gasteiger partial charge on any atom is 0.244 e. The number of benzene rings is 1. The number of nitrogens with zero attached hydrogens (tertiary/aromatic N) is 3. The summed E-state index contributed by atoms with van der Waals surface area (Å²) in [6, 6.07) is 11.4. The topological polar surface area (TPSA) is 75.2 Å². The van der Waals surface area contributed by atoms with Crippen LogP contribution in [0.5, 0.6) is 0 Å². The number of carbonyl (C=O) groups excluding carboxylic acids is 2. The monoisotopic (exact) mass is 412 g/mol. The SMILES string of the molecule is CSc1ccccc1NC(=O)CN(C)C(=O)Cc1csc(-c2cccnc2)n1. The molecular formula is C20H20N4O2S2. The van der Waals surface area contributed by atoms with Crippen LogP contribution in [0, 0.1) is 0 Å². The average Bonchev–Trinajstić information content (AvgIpc) is 3.17. The summed E-state index contributed by atoms with van der Waals surface area (Å²) < 4.78 is 0. The lowest BCUT2D eigenvalue weighted by Crippen LogP contribution is -2.35. The highest BCUT2D eigenvalue weighted by atomic mass is 32.2. The maximum absolute atomic E-state index is 12.5. The number of thiazole rings is 1. The van der Waals surface area contributed by atoms with Crippen molar-refractivity contribution >= 4 is 40.6 Å². The summed E-state index contributed by atoms with van der Waals surface area (Å²) in [4.78, 5) is 35.7. The van der Waals surface area contributed by atoms with Gasteiger partial charge in [-0.1, -0.05) is 12.1 Å². The quantitative estimate of drug-likeness (QED) is 0.601. The molecule has 0 fully saturated rings. The zero-order valence-corrected chi connectivity index (χ0v) is 17.2. The largest absolute Gasteiger partial charge is 0.336 e. The van der Waals surface area contributed by atoms with E-state index in [-0.39, 0.29) is 24.8 Å². The van der Waals surface area contributed by atoms with Crippen LogP contribution in [0.1, 0.15) is 5.69 Å². The maximum atomic E-state index is 12.5. The molecule has 6 nitrogen and oxygen atoms in total. The fraction of sp³-hybridized carbons (Fsp3) is 0.200. The van der Waals surface area contributed by atoms with Gasteiger partial charge >= 0.3 is 0 Å². The van der Waals surface area contributed by atoms with E-state index in [1.165, 1.54) is 16.2 Å². The van der Waals surface area contributed by atoms with Crippen molar-refractivity contribution in [3.8, 4) is 10.6 Å². The van der Waals surface area contributed by atoms with Gasteiger partial charge in [-0.2, -0.15) is 0 Å². The van der Waals surface area contributed by atoms with Crippen LogP contribution in [0.2, 0.25) is 0 Å². The number of amides is 2. The number of rotatable bonds is 7. The number of hydrogen-bond donors (Lipinski definition) is 1. The van der Waals surface area contributed by atoms with Crippen molar-refractivity contribution in [1.29, 1.82) is 0 Å². The first-order chi connectivity index (χ1) is 13.6. The molecule has 8 heteroatoms. The number of hydrogen-bond acceptors (Lipinski definition) is 6. The normalized spacial score (nSPS) is 10.5.